The lowest BCUT2D eigenvalue weighted by Gasteiger charge is -2.37. The van der Waals surface area contributed by atoms with Crippen LogP contribution in [-0.2, 0) is 32.4 Å². The fourth-order valence-corrected chi connectivity index (χ4v) is 3.64. The summed E-state index contributed by atoms with van der Waals surface area (Å²) in [7, 11) is -2.81. The molecule has 2 fully saturated rings. The maximum absolute atomic E-state index is 14.5. The van der Waals surface area contributed by atoms with Crippen LogP contribution in [0.25, 0.3) is 0 Å². The molecule has 1 heterocycles. The van der Waals surface area contributed by atoms with Crippen LogP contribution in [0.3, 0.4) is 0 Å². The van der Waals surface area contributed by atoms with E-state index in [1.807, 2.05) is 0 Å². The maximum atomic E-state index is 14.5. The first-order valence-corrected chi connectivity index (χ1v) is 9.77. The number of benzene rings is 1. The largest absolute Gasteiger partial charge is 0.394 e. The van der Waals surface area contributed by atoms with Crippen molar-refractivity contribution in [2.45, 2.75) is 43.2 Å². The molecule has 0 radical (unpaired) electrons. The van der Waals surface area contributed by atoms with E-state index in [0.29, 0.717) is 31.6 Å². The summed E-state index contributed by atoms with van der Waals surface area (Å²) in [6, 6.07) is 4.47. The van der Waals surface area contributed by atoms with Gasteiger partial charge < -0.3 is 15.2 Å². The Bertz CT molecular complexity index is 750. The van der Waals surface area contributed by atoms with Crippen molar-refractivity contribution < 1.29 is 27.4 Å². The average Bonchev–Trinajstić information content (AvgIpc) is 3.41. The predicted molar refractivity (Wildman–Crippen MR) is 92.5 cm³/mol. The van der Waals surface area contributed by atoms with Gasteiger partial charge in [-0.15, -0.1) is 0 Å². The van der Waals surface area contributed by atoms with Crippen molar-refractivity contribution in [3.8, 4) is 0 Å². The van der Waals surface area contributed by atoms with Crippen molar-refractivity contribution in [1.82, 2.24) is 10.0 Å². The van der Waals surface area contributed by atoms with Crippen molar-refractivity contribution in [3.63, 3.8) is 0 Å². The fraction of sp³-hybridized carbons (Fsp3) is 0.588. The number of halogens is 1. The second kappa shape index (κ2) is 7.59. The Labute approximate surface area is 153 Å². The van der Waals surface area contributed by atoms with Crippen LogP contribution in [-0.4, -0.2) is 44.8 Å². The molecule has 9 heteroatoms. The standard InChI is InChI=1S/C17H23FN2O5S/c18-14-9-13(2-1-12(14)10-19-26(23)24)17(5-7-25-8-6-17)15(22)20-16(11-21)3-4-16/h1-2,9,21,26H,3-8,10-11H2,(H,20,22)(H,19,23,24). The van der Waals surface area contributed by atoms with Crippen LogP contribution >= 0.6 is 0 Å². The molecule has 3 N–H and O–H groups in total. The molecule has 1 aromatic rings. The smallest absolute Gasteiger partial charge is 0.231 e. The van der Waals surface area contributed by atoms with E-state index in [-0.39, 0.29) is 24.6 Å². The highest BCUT2D eigenvalue weighted by Crippen LogP contribution is 2.40. The molecule has 2 aliphatic rings. The second-order valence-electron chi connectivity index (χ2n) is 6.99. The second-order valence-corrected chi connectivity index (χ2v) is 7.82. The molecule has 1 saturated carbocycles. The molecule has 0 unspecified atom stereocenters. The molecule has 144 valence electrons. The van der Waals surface area contributed by atoms with Gasteiger partial charge in [0.25, 0.3) is 0 Å². The van der Waals surface area contributed by atoms with E-state index < -0.39 is 27.7 Å². The zero-order chi connectivity index (χ0) is 18.8. The zero-order valence-corrected chi connectivity index (χ0v) is 15.2. The third kappa shape index (κ3) is 3.90. The number of aliphatic hydroxyl groups excluding tert-OH is 1. The number of amides is 1. The molecule has 0 atom stereocenters. The number of carbonyl (C=O) groups excluding carboxylic acids is 1. The van der Waals surface area contributed by atoms with E-state index in [1.54, 1.807) is 6.07 Å². The number of thiol groups is 1. The lowest BCUT2D eigenvalue weighted by molar-refractivity contribution is -0.131. The summed E-state index contributed by atoms with van der Waals surface area (Å²) in [6.07, 6.45) is 2.30. The first kappa shape index (κ1) is 19.2. The Kier molecular flexibility index (Phi) is 5.61. The monoisotopic (exact) mass is 386 g/mol. The number of rotatable bonds is 7. The summed E-state index contributed by atoms with van der Waals surface area (Å²) < 4.78 is 43.3. The Morgan fingerprint density at radius 1 is 1.23 bits per heavy atom. The van der Waals surface area contributed by atoms with Crippen LogP contribution in [0, 0.1) is 5.82 Å². The minimum absolute atomic E-state index is 0.113. The molecule has 26 heavy (non-hydrogen) atoms. The van der Waals surface area contributed by atoms with Crippen molar-refractivity contribution in [2.75, 3.05) is 19.8 Å². The van der Waals surface area contributed by atoms with Crippen molar-refractivity contribution in [2.24, 2.45) is 0 Å². The number of aliphatic hydroxyl groups is 1. The first-order chi connectivity index (χ1) is 12.4. The number of carbonyl (C=O) groups is 1. The molecule has 1 aliphatic carbocycles. The van der Waals surface area contributed by atoms with Gasteiger partial charge in [0.1, 0.15) is 5.82 Å². The number of nitrogens with one attached hydrogen (secondary N) is 2. The third-order valence-electron chi connectivity index (χ3n) is 5.32. The first-order valence-electron chi connectivity index (χ1n) is 8.59. The molecule has 0 spiro atoms. The average molecular weight is 386 g/mol. The molecular weight excluding hydrogens is 363 g/mol. The van der Waals surface area contributed by atoms with E-state index in [0.717, 1.165) is 12.8 Å². The van der Waals surface area contributed by atoms with Crippen LogP contribution < -0.4 is 10.0 Å². The lowest BCUT2D eigenvalue weighted by Crippen LogP contribution is -2.52. The summed E-state index contributed by atoms with van der Waals surface area (Å²) in [4.78, 5) is 13.1. The number of hydrogen-bond donors (Lipinski definition) is 4. The molecule has 7 nitrogen and oxygen atoms in total. The summed E-state index contributed by atoms with van der Waals surface area (Å²) in [6.45, 7) is 0.528. The van der Waals surface area contributed by atoms with Crippen LogP contribution in [0.4, 0.5) is 4.39 Å². The predicted octanol–water partition coefficient (Wildman–Crippen LogP) is 0.131. The van der Waals surface area contributed by atoms with Gasteiger partial charge in [-0.3, -0.25) is 4.79 Å². The minimum Gasteiger partial charge on any atom is -0.394 e. The van der Waals surface area contributed by atoms with Gasteiger partial charge in [-0.25, -0.2) is 17.5 Å². The lowest BCUT2D eigenvalue weighted by atomic mass is 9.73. The van der Waals surface area contributed by atoms with Gasteiger partial charge in [0.2, 0.25) is 16.8 Å². The quantitative estimate of drug-likeness (QED) is 0.499. The molecule has 1 aromatic carbocycles. The Balaban J connectivity index is 1.87. The van der Waals surface area contributed by atoms with Crippen LogP contribution in [0.2, 0.25) is 0 Å². The highest BCUT2D eigenvalue weighted by molar-refractivity contribution is 7.70. The van der Waals surface area contributed by atoms with E-state index in [4.69, 9.17) is 4.74 Å². The Morgan fingerprint density at radius 3 is 2.46 bits per heavy atom. The van der Waals surface area contributed by atoms with E-state index in [1.165, 1.54) is 12.1 Å². The summed E-state index contributed by atoms with van der Waals surface area (Å²) in [5.41, 5.74) is -0.714. The number of hydrogen-bond acceptors (Lipinski definition) is 5. The Hall–Kier alpha value is -1.55. The van der Waals surface area contributed by atoms with Gasteiger partial charge in [0.05, 0.1) is 17.6 Å². The van der Waals surface area contributed by atoms with Crippen LogP contribution in [0.5, 0.6) is 0 Å². The molecule has 0 bridgehead atoms. The van der Waals surface area contributed by atoms with Gasteiger partial charge in [-0.2, -0.15) is 0 Å². The van der Waals surface area contributed by atoms with Crippen molar-refractivity contribution in [3.05, 3.63) is 35.1 Å². The van der Waals surface area contributed by atoms with E-state index in [9.17, 15) is 22.7 Å². The topological polar surface area (TPSA) is 105 Å². The summed E-state index contributed by atoms with van der Waals surface area (Å²) >= 11 is 0. The zero-order valence-electron chi connectivity index (χ0n) is 14.3. The van der Waals surface area contributed by atoms with Gasteiger partial charge in [-0.05, 0) is 37.3 Å². The van der Waals surface area contributed by atoms with Gasteiger partial charge in [-0.1, -0.05) is 12.1 Å². The van der Waals surface area contributed by atoms with Gasteiger partial charge in [0, 0.05) is 25.3 Å². The highest BCUT2D eigenvalue weighted by atomic mass is 32.2. The van der Waals surface area contributed by atoms with Crippen LogP contribution in [0.1, 0.15) is 36.8 Å². The maximum Gasteiger partial charge on any atom is 0.231 e. The van der Waals surface area contributed by atoms with Crippen LogP contribution in [0.15, 0.2) is 18.2 Å². The highest BCUT2D eigenvalue weighted by Gasteiger charge is 2.49. The molecular formula is C17H23FN2O5S. The summed E-state index contributed by atoms with van der Waals surface area (Å²) in [5.74, 6) is -0.783. The van der Waals surface area contributed by atoms with Crippen molar-refractivity contribution >= 4 is 16.8 Å². The van der Waals surface area contributed by atoms with Crippen molar-refractivity contribution in [1.29, 1.82) is 0 Å². The molecule has 3 rings (SSSR count). The van der Waals surface area contributed by atoms with Gasteiger partial charge in [0.15, 0.2) is 0 Å². The normalized spacial score (nSPS) is 20.7. The molecule has 1 saturated heterocycles. The molecule has 1 aliphatic heterocycles. The summed E-state index contributed by atoms with van der Waals surface area (Å²) in [5, 5.41) is 12.4. The molecule has 1 amide bonds. The van der Waals surface area contributed by atoms with Gasteiger partial charge >= 0.3 is 0 Å². The minimum atomic E-state index is -2.81. The number of ether oxygens (including phenoxy) is 1. The third-order valence-corrected chi connectivity index (χ3v) is 5.74. The van der Waals surface area contributed by atoms with E-state index in [2.05, 4.69) is 10.0 Å². The van der Waals surface area contributed by atoms with E-state index >= 15 is 0 Å². The fourth-order valence-electron chi connectivity index (χ4n) is 3.34. The Morgan fingerprint density at radius 2 is 1.92 bits per heavy atom. The SMILES string of the molecule is O=C(NC1(CO)CC1)C1(c2ccc(CN[SH](=O)=O)c(F)c2)CCOCC1. The molecule has 0 aromatic heterocycles.